The zero-order valence-electron chi connectivity index (χ0n) is 18.6. The Morgan fingerprint density at radius 3 is 2.66 bits per heavy atom. The molecule has 3 aromatic rings. The van der Waals surface area contributed by atoms with E-state index in [1.807, 2.05) is 24.4 Å². The van der Waals surface area contributed by atoms with Crippen LogP contribution in [0.3, 0.4) is 0 Å². The van der Waals surface area contributed by atoms with Gasteiger partial charge in [-0.2, -0.15) is 4.98 Å². The number of nitrogens with zero attached hydrogens (tertiary/aromatic N) is 5. The van der Waals surface area contributed by atoms with Gasteiger partial charge >= 0.3 is 0 Å². The maximum Gasteiger partial charge on any atom is 0.225 e. The normalized spacial score (nSPS) is 23.2. The van der Waals surface area contributed by atoms with Gasteiger partial charge in [0.15, 0.2) is 5.65 Å². The Morgan fingerprint density at radius 1 is 1.12 bits per heavy atom. The molecule has 0 amide bonds. The lowest BCUT2D eigenvalue weighted by atomic mass is 9.86. The lowest BCUT2D eigenvalue weighted by molar-refractivity contribution is 0.0656. The quantitative estimate of drug-likeness (QED) is 0.536. The fraction of sp³-hybridized carbons (Fsp3) is 0.565. The van der Waals surface area contributed by atoms with Crippen LogP contribution < -0.4 is 16.4 Å². The second-order valence-corrected chi connectivity index (χ2v) is 9.26. The van der Waals surface area contributed by atoms with Crippen LogP contribution in [0.2, 0.25) is 0 Å². The van der Waals surface area contributed by atoms with Gasteiger partial charge < -0.3 is 21.1 Å². The van der Waals surface area contributed by atoms with Crippen molar-refractivity contribution in [3.05, 3.63) is 30.6 Å². The fourth-order valence-corrected chi connectivity index (χ4v) is 4.79. The number of fused-ring (bicyclic) bond motifs is 1. The van der Waals surface area contributed by atoms with E-state index < -0.39 is 0 Å². The maximum absolute atomic E-state index is 5.93. The van der Waals surface area contributed by atoms with Crippen LogP contribution >= 0.6 is 0 Å². The van der Waals surface area contributed by atoms with Crippen LogP contribution in [0.15, 0.2) is 30.6 Å². The van der Waals surface area contributed by atoms with Crippen molar-refractivity contribution in [2.75, 3.05) is 30.4 Å². The molecule has 0 bridgehead atoms. The molecule has 1 saturated carbocycles. The SMILES string of the molecule is CC1(Nc2ncc3nc(Nc4ccccn4)n([C@H]4CC[C@H](CN)CC4)c3n2)CCOCC1. The predicted octanol–water partition coefficient (Wildman–Crippen LogP) is 3.64. The standard InChI is InChI=1S/C23H32N8O/c1-23(9-12-32-13-10-23)30-21-26-15-18-20(29-21)31(17-7-5-16(14-24)6-8-17)22(27-18)28-19-4-2-3-11-25-19/h2-4,11,15-17H,5-10,12-14,24H2,1H3,(H,25,27,28)(H,26,29,30)/t16-,17-. The Bertz CT molecular complexity index is 1040. The van der Waals surface area contributed by atoms with E-state index >= 15 is 0 Å². The predicted molar refractivity (Wildman–Crippen MR) is 125 cm³/mol. The van der Waals surface area contributed by atoms with E-state index in [0.717, 1.165) is 81.2 Å². The summed E-state index contributed by atoms with van der Waals surface area (Å²) < 4.78 is 7.78. The molecule has 4 N–H and O–H groups in total. The molecule has 9 nitrogen and oxygen atoms in total. The third-order valence-electron chi connectivity index (χ3n) is 6.86. The number of rotatable bonds is 6. The largest absolute Gasteiger partial charge is 0.381 e. The number of hydrogen-bond acceptors (Lipinski definition) is 8. The highest BCUT2D eigenvalue weighted by Gasteiger charge is 2.30. The topological polar surface area (TPSA) is 116 Å². The number of imidazole rings is 1. The fourth-order valence-electron chi connectivity index (χ4n) is 4.79. The molecule has 4 heterocycles. The highest BCUT2D eigenvalue weighted by molar-refractivity contribution is 5.76. The van der Waals surface area contributed by atoms with Gasteiger partial charge in [0.25, 0.3) is 0 Å². The number of pyridine rings is 1. The van der Waals surface area contributed by atoms with Gasteiger partial charge in [-0.25, -0.2) is 15.0 Å². The van der Waals surface area contributed by atoms with E-state index in [9.17, 15) is 0 Å². The molecule has 1 aliphatic carbocycles. The molecule has 0 radical (unpaired) electrons. The first-order valence-corrected chi connectivity index (χ1v) is 11.6. The van der Waals surface area contributed by atoms with Gasteiger partial charge in [0.1, 0.15) is 11.3 Å². The van der Waals surface area contributed by atoms with Crippen LogP contribution in [0, 0.1) is 5.92 Å². The summed E-state index contributed by atoms with van der Waals surface area (Å²) in [6.07, 6.45) is 9.83. The number of hydrogen-bond donors (Lipinski definition) is 3. The molecule has 2 fully saturated rings. The lowest BCUT2D eigenvalue weighted by Gasteiger charge is -2.34. The second kappa shape index (κ2) is 8.99. The summed E-state index contributed by atoms with van der Waals surface area (Å²) in [5.41, 5.74) is 7.51. The zero-order chi connectivity index (χ0) is 22.0. The van der Waals surface area contributed by atoms with Gasteiger partial charge in [-0.15, -0.1) is 0 Å². The Labute approximate surface area is 188 Å². The van der Waals surface area contributed by atoms with Crippen LogP contribution in [0.5, 0.6) is 0 Å². The first kappa shape index (κ1) is 21.1. The summed E-state index contributed by atoms with van der Waals surface area (Å²) in [6, 6.07) is 6.13. The van der Waals surface area contributed by atoms with E-state index in [1.54, 1.807) is 6.20 Å². The van der Waals surface area contributed by atoms with Crippen LogP contribution in [-0.2, 0) is 4.74 Å². The molecule has 0 aromatic carbocycles. The van der Waals surface area contributed by atoms with Gasteiger partial charge in [-0.05, 0) is 70.0 Å². The van der Waals surface area contributed by atoms with Gasteiger partial charge in [0.05, 0.1) is 6.20 Å². The molecule has 1 saturated heterocycles. The molecule has 5 rings (SSSR count). The van der Waals surface area contributed by atoms with E-state index in [1.165, 1.54) is 0 Å². The minimum absolute atomic E-state index is 0.0645. The van der Waals surface area contributed by atoms with Crippen LogP contribution in [-0.4, -0.2) is 49.8 Å². The summed E-state index contributed by atoms with van der Waals surface area (Å²) in [7, 11) is 0. The molecular weight excluding hydrogens is 404 g/mol. The molecule has 0 atom stereocenters. The van der Waals surface area contributed by atoms with E-state index in [4.69, 9.17) is 20.4 Å². The summed E-state index contributed by atoms with van der Waals surface area (Å²) in [6.45, 7) is 4.48. The third-order valence-corrected chi connectivity index (χ3v) is 6.86. The van der Waals surface area contributed by atoms with E-state index in [0.29, 0.717) is 17.9 Å². The van der Waals surface area contributed by atoms with Crippen LogP contribution in [0.4, 0.5) is 17.7 Å². The number of anilines is 3. The smallest absolute Gasteiger partial charge is 0.225 e. The summed E-state index contributed by atoms with van der Waals surface area (Å²) >= 11 is 0. The van der Waals surface area contributed by atoms with Crippen molar-refractivity contribution in [2.45, 2.75) is 57.0 Å². The molecule has 9 heteroatoms. The average Bonchev–Trinajstić information content (AvgIpc) is 3.17. The van der Waals surface area contributed by atoms with Gasteiger partial charge in [0.2, 0.25) is 11.9 Å². The highest BCUT2D eigenvalue weighted by Crippen LogP contribution is 2.36. The number of nitrogens with one attached hydrogen (secondary N) is 2. The zero-order valence-corrected chi connectivity index (χ0v) is 18.6. The molecule has 2 aliphatic rings. The van der Waals surface area contributed by atoms with Crippen molar-refractivity contribution in [2.24, 2.45) is 11.7 Å². The number of ether oxygens (including phenoxy) is 1. The highest BCUT2D eigenvalue weighted by atomic mass is 16.5. The van der Waals surface area contributed by atoms with E-state index in [2.05, 4.69) is 32.1 Å². The Balaban J connectivity index is 1.50. The second-order valence-electron chi connectivity index (χ2n) is 9.26. The van der Waals surface area contributed by atoms with E-state index in [-0.39, 0.29) is 5.54 Å². The van der Waals surface area contributed by atoms with Crippen molar-refractivity contribution in [1.82, 2.24) is 24.5 Å². The van der Waals surface area contributed by atoms with Gasteiger partial charge in [-0.1, -0.05) is 6.07 Å². The van der Waals surface area contributed by atoms with Crippen molar-refractivity contribution in [3.63, 3.8) is 0 Å². The first-order chi connectivity index (χ1) is 15.6. The van der Waals surface area contributed by atoms with Crippen molar-refractivity contribution >= 4 is 28.9 Å². The molecule has 3 aromatic heterocycles. The minimum atomic E-state index is -0.0645. The van der Waals surface area contributed by atoms with Crippen molar-refractivity contribution in [1.29, 1.82) is 0 Å². The monoisotopic (exact) mass is 436 g/mol. The van der Waals surface area contributed by atoms with Crippen molar-refractivity contribution < 1.29 is 4.74 Å². The average molecular weight is 437 g/mol. The lowest BCUT2D eigenvalue weighted by Crippen LogP contribution is -2.41. The molecule has 170 valence electrons. The first-order valence-electron chi connectivity index (χ1n) is 11.6. The molecule has 0 unspecified atom stereocenters. The van der Waals surface area contributed by atoms with Gasteiger partial charge in [0, 0.05) is 31.0 Å². The maximum atomic E-state index is 5.93. The summed E-state index contributed by atoms with van der Waals surface area (Å²) in [4.78, 5) is 18.8. The van der Waals surface area contributed by atoms with Crippen molar-refractivity contribution in [3.8, 4) is 0 Å². The Hall–Kier alpha value is -2.78. The Kier molecular flexibility index (Phi) is 5.93. The number of nitrogens with two attached hydrogens (primary N) is 1. The molecular formula is C23H32N8O. The molecule has 32 heavy (non-hydrogen) atoms. The van der Waals surface area contributed by atoms with Gasteiger partial charge in [-0.3, -0.25) is 4.57 Å². The third kappa shape index (κ3) is 4.40. The summed E-state index contributed by atoms with van der Waals surface area (Å²) in [5.74, 6) is 2.77. The molecule has 1 aliphatic heterocycles. The Morgan fingerprint density at radius 2 is 1.94 bits per heavy atom. The van der Waals surface area contributed by atoms with Crippen LogP contribution in [0.1, 0.15) is 51.5 Å². The van der Waals surface area contributed by atoms with Crippen LogP contribution in [0.25, 0.3) is 11.2 Å². The summed E-state index contributed by atoms with van der Waals surface area (Å²) in [5, 5.41) is 6.97. The minimum Gasteiger partial charge on any atom is -0.381 e. The molecule has 0 spiro atoms. The number of aromatic nitrogens is 5.